The molecule has 0 radical (unpaired) electrons. The molecular formula is C10H13NO2S. The lowest BCUT2D eigenvalue weighted by Crippen LogP contribution is -1.97. The van der Waals surface area contributed by atoms with Crippen molar-refractivity contribution in [3.8, 4) is 5.75 Å². The Hall–Kier alpha value is -1.00. The molecule has 0 atom stereocenters. The fraction of sp³-hybridized carbons (Fsp3) is 0.300. The zero-order valence-electron chi connectivity index (χ0n) is 8.03. The normalized spacial score (nSPS) is 10.1. The fourth-order valence-corrected chi connectivity index (χ4v) is 1.68. The minimum absolute atomic E-state index is 0.0923. The molecule has 0 aliphatic carbocycles. The van der Waals surface area contributed by atoms with Gasteiger partial charge in [0.05, 0.1) is 12.3 Å². The molecule has 1 rings (SSSR count). The van der Waals surface area contributed by atoms with Gasteiger partial charge >= 0.3 is 0 Å². The average molecular weight is 211 g/mol. The van der Waals surface area contributed by atoms with Gasteiger partial charge in [0, 0.05) is 17.5 Å². The zero-order chi connectivity index (χ0) is 10.6. The highest BCUT2D eigenvalue weighted by Crippen LogP contribution is 2.26. The first-order chi connectivity index (χ1) is 6.70. The number of hydrogen-bond acceptors (Lipinski definition) is 4. The van der Waals surface area contributed by atoms with E-state index in [9.17, 15) is 5.11 Å². The van der Waals surface area contributed by atoms with Crippen LogP contribution < -0.4 is 0 Å². The number of thioether (sulfide) groups is 1. The van der Waals surface area contributed by atoms with Crippen LogP contribution in [0, 0.1) is 6.92 Å². The summed E-state index contributed by atoms with van der Waals surface area (Å²) in [6.07, 6.45) is 1.68. The smallest absolute Gasteiger partial charge is 0.142 e. The second-order valence-electron chi connectivity index (χ2n) is 2.83. The molecule has 1 aromatic rings. The van der Waals surface area contributed by atoms with Crippen LogP contribution in [0.4, 0.5) is 0 Å². The van der Waals surface area contributed by atoms with Crippen molar-refractivity contribution in [2.45, 2.75) is 19.3 Å². The fourth-order valence-electron chi connectivity index (χ4n) is 1.13. The first kappa shape index (κ1) is 11.1. The molecule has 1 heterocycles. The second-order valence-corrected chi connectivity index (χ2v) is 3.79. The summed E-state index contributed by atoms with van der Waals surface area (Å²) in [5, 5.41) is 20.4. The predicted octanol–water partition coefficient (Wildman–Crippen LogP) is 1.96. The van der Waals surface area contributed by atoms with Crippen LogP contribution in [-0.4, -0.2) is 15.2 Å². The maximum absolute atomic E-state index is 9.62. The van der Waals surface area contributed by atoms with E-state index in [0.717, 1.165) is 5.56 Å². The van der Waals surface area contributed by atoms with Crippen LogP contribution in [0.5, 0.6) is 5.75 Å². The molecule has 76 valence electrons. The number of pyridine rings is 1. The van der Waals surface area contributed by atoms with Crippen LogP contribution in [0.2, 0.25) is 0 Å². The molecule has 0 aromatic carbocycles. The lowest BCUT2D eigenvalue weighted by molar-refractivity contribution is 0.274. The molecule has 0 amide bonds. The van der Waals surface area contributed by atoms with Gasteiger partial charge in [0.15, 0.2) is 0 Å². The van der Waals surface area contributed by atoms with Crippen LogP contribution in [0.1, 0.15) is 16.8 Å². The Labute approximate surface area is 87.5 Å². The number of aromatic nitrogens is 1. The minimum atomic E-state index is -0.164. The molecule has 0 aliphatic rings. The molecule has 2 N–H and O–H groups in total. The molecule has 0 bridgehead atoms. The van der Waals surface area contributed by atoms with Crippen molar-refractivity contribution in [2.24, 2.45) is 0 Å². The molecule has 0 unspecified atom stereocenters. The Kier molecular flexibility index (Phi) is 3.98. The molecule has 0 spiro atoms. The molecule has 0 aliphatic heterocycles. The molecule has 4 heteroatoms. The molecule has 1 aromatic heterocycles. The Morgan fingerprint density at radius 1 is 1.64 bits per heavy atom. The van der Waals surface area contributed by atoms with Gasteiger partial charge in [-0.15, -0.1) is 11.8 Å². The van der Waals surface area contributed by atoms with Crippen LogP contribution in [0.25, 0.3) is 0 Å². The van der Waals surface area contributed by atoms with Crippen LogP contribution >= 0.6 is 11.8 Å². The van der Waals surface area contributed by atoms with Gasteiger partial charge in [-0.3, -0.25) is 4.98 Å². The Morgan fingerprint density at radius 2 is 2.36 bits per heavy atom. The highest BCUT2D eigenvalue weighted by Gasteiger charge is 2.09. The maximum atomic E-state index is 9.62. The van der Waals surface area contributed by atoms with Crippen molar-refractivity contribution in [3.05, 3.63) is 35.0 Å². The molecule has 14 heavy (non-hydrogen) atoms. The van der Waals surface area contributed by atoms with Crippen molar-refractivity contribution >= 4 is 11.8 Å². The summed E-state index contributed by atoms with van der Waals surface area (Å²) in [6.45, 7) is 5.13. The third-order valence-electron chi connectivity index (χ3n) is 1.95. The topological polar surface area (TPSA) is 53.4 Å². The van der Waals surface area contributed by atoms with E-state index in [1.807, 2.05) is 0 Å². The number of hydrogen-bond donors (Lipinski definition) is 2. The van der Waals surface area contributed by atoms with Crippen molar-refractivity contribution in [1.29, 1.82) is 0 Å². The average Bonchev–Trinajstić information content (AvgIpc) is 2.20. The van der Waals surface area contributed by atoms with E-state index in [1.54, 1.807) is 18.5 Å². The van der Waals surface area contributed by atoms with Crippen LogP contribution in [0.15, 0.2) is 18.2 Å². The number of nitrogens with zero attached hydrogens (tertiary/aromatic N) is 1. The number of aliphatic hydroxyl groups excluding tert-OH is 1. The quantitative estimate of drug-likeness (QED) is 0.799. The SMILES string of the molecule is C=CSCc1cnc(C)c(O)c1CO. The monoisotopic (exact) mass is 211 g/mol. The van der Waals surface area contributed by atoms with Gasteiger partial charge in [-0.2, -0.15) is 0 Å². The molecule has 0 saturated carbocycles. The summed E-state index contributed by atoms with van der Waals surface area (Å²) in [5.74, 6) is 0.759. The Bertz CT molecular complexity index is 339. The lowest BCUT2D eigenvalue weighted by atomic mass is 10.1. The van der Waals surface area contributed by atoms with Crippen molar-refractivity contribution in [3.63, 3.8) is 0 Å². The number of rotatable bonds is 4. The molecule has 0 saturated heterocycles. The summed E-state index contributed by atoms with van der Waals surface area (Å²) in [4.78, 5) is 4.03. The summed E-state index contributed by atoms with van der Waals surface area (Å²) < 4.78 is 0. The molecule has 3 nitrogen and oxygen atoms in total. The predicted molar refractivity (Wildman–Crippen MR) is 58.1 cm³/mol. The largest absolute Gasteiger partial charge is 0.506 e. The minimum Gasteiger partial charge on any atom is -0.506 e. The Balaban J connectivity index is 3.03. The van der Waals surface area contributed by atoms with E-state index in [2.05, 4.69) is 11.6 Å². The van der Waals surface area contributed by atoms with E-state index in [0.29, 0.717) is 17.0 Å². The first-order valence-electron chi connectivity index (χ1n) is 4.20. The van der Waals surface area contributed by atoms with E-state index >= 15 is 0 Å². The summed E-state index contributed by atoms with van der Waals surface area (Å²) in [7, 11) is 0. The zero-order valence-corrected chi connectivity index (χ0v) is 8.84. The second kappa shape index (κ2) is 5.02. The third-order valence-corrected chi connectivity index (χ3v) is 2.66. The highest BCUT2D eigenvalue weighted by molar-refractivity contribution is 8.01. The third kappa shape index (κ3) is 2.27. The van der Waals surface area contributed by atoms with Gasteiger partial charge in [0.2, 0.25) is 0 Å². The van der Waals surface area contributed by atoms with Gasteiger partial charge in [0.25, 0.3) is 0 Å². The van der Waals surface area contributed by atoms with Gasteiger partial charge in [-0.05, 0) is 17.9 Å². The maximum Gasteiger partial charge on any atom is 0.142 e. The lowest BCUT2D eigenvalue weighted by Gasteiger charge is -2.09. The standard InChI is InChI=1S/C10H13NO2S/c1-3-14-6-8-4-11-7(2)10(13)9(8)5-12/h3-4,12-13H,1,5-6H2,2H3. The number of aryl methyl sites for hydroxylation is 1. The van der Waals surface area contributed by atoms with Crippen LogP contribution in [-0.2, 0) is 12.4 Å². The van der Waals surface area contributed by atoms with Gasteiger partial charge < -0.3 is 10.2 Å². The van der Waals surface area contributed by atoms with E-state index in [-0.39, 0.29) is 12.4 Å². The number of aromatic hydroxyl groups is 1. The van der Waals surface area contributed by atoms with Gasteiger partial charge in [-0.1, -0.05) is 6.58 Å². The molecular weight excluding hydrogens is 198 g/mol. The van der Waals surface area contributed by atoms with E-state index in [4.69, 9.17) is 5.11 Å². The summed E-state index contributed by atoms with van der Waals surface area (Å²) in [5.41, 5.74) is 1.95. The van der Waals surface area contributed by atoms with Crippen LogP contribution in [0.3, 0.4) is 0 Å². The summed E-state index contributed by atoms with van der Waals surface area (Å²) in [6, 6.07) is 0. The van der Waals surface area contributed by atoms with Crippen molar-refractivity contribution in [2.75, 3.05) is 0 Å². The van der Waals surface area contributed by atoms with Gasteiger partial charge in [-0.25, -0.2) is 0 Å². The first-order valence-corrected chi connectivity index (χ1v) is 5.25. The summed E-state index contributed by atoms with van der Waals surface area (Å²) >= 11 is 1.51. The Morgan fingerprint density at radius 3 is 2.93 bits per heavy atom. The van der Waals surface area contributed by atoms with E-state index < -0.39 is 0 Å². The van der Waals surface area contributed by atoms with Crippen molar-refractivity contribution in [1.82, 2.24) is 4.98 Å². The van der Waals surface area contributed by atoms with Gasteiger partial charge in [0.1, 0.15) is 5.75 Å². The van der Waals surface area contributed by atoms with E-state index in [1.165, 1.54) is 11.8 Å². The number of aliphatic hydroxyl groups is 1. The molecule has 0 fully saturated rings. The van der Waals surface area contributed by atoms with Crippen molar-refractivity contribution < 1.29 is 10.2 Å². The highest BCUT2D eigenvalue weighted by atomic mass is 32.2.